The Morgan fingerprint density at radius 3 is 2.82 bits per heavy atom. The first-order valence-electron chi connectivity index (χ1n) is 5.12. The summed E-state index contributed by atoms with van der Waals surface area (Å²) in [7, 11) is 0. The first-order valence-corrected chi connectivity index (χ1v) is 5.12. The van der Waals surface area contributed by atoms with E-state index in [1.165, 1.54) is 24.3 Å². The Morgan fingerprint density at radius 2 is 2.24 bits per heavy atom. The Labute approximate surface area is 98.5 Å². The molecule has 0 aliphatic carbocycles. The lowest BCUT2D eigenvalue weighted by Crippen LogP contribution is -2.18. The SMILES string of the molecule is CCC(C)=NNC(=O)c1cccc([N+](=O)[O-])c1. The average molecular weight is 235 g/mol. The van der Waals surface area contributed by atoms with Gasteiger partial charge in [0.2, 0.25) is 0 Å². The van der Waals surface area contributed by atoms with Crippen LogP contribution in [0, 0.1) is 10.1 Å². The zero-order chi connectivity index (χ0) is 12.8. The molecule has 0 bridgehead atoms. The summed E-state index contributed by atoms with van der Waals surface area (Å²) in [4.78, 5) is 21.6. The molecule has 0 radical (unpaired) electrons. The van der Waals surface area contributed by atoms with Gasteiger partial charge in [-0.15, -0.1) is 0 Å². The van der Waals surface area contributed by atoms with Gasteiger partial charge in [0.1, 0.15) is 0 Å². The lowest BCUT2D eigenvalue weighted by Gasteiger charge is -2.01. The summed E-state index contributed by atoms with van der Waals surface area (Å²) < 4.78 is 0. The second-order valence-corrected chi connectivity index (χ2v) is 3.45. The van der Waals surface area contributed by atoms with Crippen LogP contribution in [-0.2, 0) is 0 Å². The number of hydrogen-bond donors (Lipinski definition) is 1. The minimum Gasteiger partial charge on any atom is -0.267 e. The molecule has 0 heterocycles. The summed E-state index contributed by atoms with van der Waals surface area (Å²) in [5, 5.41) is 14.4. The van der Waals surface area contributed by atoms with Crippen LogP contribution in [0.15, 0.2) is 29.4 Å². The van der Waals surface area contributed by atoms with Gasteiger partial charge in [0.25, 0.3) is 11.6 Å². The van der Waals surface area contributed by atoms with Crippen molar-refractivity contribution in [3.63, 3.8) is 0 Å². The quantitative estimate of drug-likeness (QED) is 0.492. The number of rotatable bonds is 4. The number of amides is 1. The van der Waals surface area contributed by atoms with Gasteiger partial charge in [-0.1, -0.05) is 13.0 Å². The van der Waals surface area contributed by atoms with Gasteiger partial charge in [-0.05, 0) is 19.4 Å². The van der Waals surface area contributed by atoms with Crippen molar-refractivity contribution in [2.75, 3.05) is 0 Å². The zero-order valence-electron chi connectivity index (χ0n) is 9.64. The maximum absolute atomic E-state index is 11.6. The average Bonchev–Trinajstić information content (AvgIpc) is 2.35. The smallest absolute Gasteiger partial charge is 0.267 e. The van der Waals surface area contributed by atoms with Gasteiger partial charge in [-0.3, -0.25) is 14.9 Å². The number of benzene rings is 1. The van der Waals surface area contributed by atoms with E-state index in [0.29, 0.717) is 0 Å². The molecule has 1 rings (SSSR count). The van der Waals surface area contributed by atoms with Gasteiger partial charge in [-0.25, -0.2) is 5.43 Å². The molecule has 1 N–H and O–H groups in total. The fourth-order valence-corrected chi connectivity index (χ4v) is 1.05. The topological polar surface area (TPSA) is 84.6 Å². The fraction of sp³-hybridized carbons (Fsp3) is 0.273. The maximum Gasteiger partial charge on any atom is 0.271 e. The number of nitrogens with zero attached hydrogens (tertiary/aromatic N) is 2. The highest BCUT2D eigenvalue weighted by Gasteiger charge is 2.10. The summed E-state index contributed by atoms with van der Waals surface area (Å²) in [6.45, 7) is 3.70. The number of carbonyl (C=O) groups is 1. The van der Waals surface area contributed by atoms with Crippen molar-refractivity contribution in [1.29, 1.82) is 0 Å². The lowest BCUT2D eigenvalue weighted by molar-refractivity contribution is -0.384. The number of nitrogens with one attached hydrogen (secondary N) is 1. The molecule has 0 aromatic heterocycles. The predicted molar refractivity (Wildman–Crippen MR) is 64.0 cm³/mol. The number of non-ortho nitro benzene ring substituents is 1. The van der Waals surface area contributed by atoms with Crippen LogP contribution < -0.4 is 5.43 Å². The van der Waals surface area contributed by atoms with Crippen molar-refractivity contribution in [1.82, 2.24) is 5.43 Å². The molecule has 1 amide bonds. The third-order valence-corrected chi connectivity index (χ3v) is 2.18. The van der Waals surface area contributed by atoms with Crippen molar-refractivity contribution in [2.45, 2.75) is 20.3 Å². The lowest BCUT2D eigenvalue weighted by atomic mass is 10.2. The minimum atomic E-state index is -0.544. The molecule has 1 aromatic rings. The predicted octanol–water partition coefficient (Wildman–Crippen LogP) is 2.11. The van der Waals surface area contributed by atoms with E-state index in [2.05, 4.69) is 10.5 Å². The molecule has 1 aromatic carbocycles. The van der Waals surface area contributed by atoms with Crippen LogP contribution in [0.25, 0.3) is 0 Å². The third-order valence-electron chi connectivity index (χ3n) is 2.18. The summed E-state index contributed by atoms with van der Waals surface area (Å²) >= 11 is 0. The van der Waals surface area contributed by atoms with Crippen molar-refractivity contribution in [2.24, 2.45) is 5.10 Å². The largest absolute Gasteiger partial charge is 0.271 e. The number of hydrazone groups is 1. The molecule has 0 unspecified atom stereocenters. The molecular formula is C11H13N3O3. The minimum absolute atomic E-state index is 0.117. The molecule has 0 atom stereocenters. The van der Waals surface area contributed by atoms with E-state index in [4.69, 9.17) is 0 Å². The summed E-state index contributed by atoms with van der Waals surface area (Å²) in [5.74, 6) is -0.457. The molecule has 0 aliphatic heterocycles. The first kappa shape index (κ1) is 12.8. The van der Waals surface area contributed by atoms with E-state index in [1.54, 1.807) is 6.92 Å². The molecule has 0 saturated heterocycles. The number of carbonyl (C=O) groups excluding carboxylic acids is 1. The van der Waals surface area contributed by atoms with Crippen LogP contribution >= 0.6 is 0 Å². The van der Waals surface area contributed by atoms with Gasteiger partial charge in [0, 0.05) is 23.4 Å². The Kier molecular flexibility index (Phi) is 4.33. The Hall–Kier alpha value is -2.24. The summed E-state index contributed by atoms with van der Waals surface area (Å²) in [6.07, 6.45) is 0.731. The number of nitro groups is 1. The summed E-state index contributed by atoms with van der Waals surface area (Å²) in [5.41, 5.74) is 3.22. The van der Waals surface area contributed by atoms with Gasteiger partial charge < -0.3 is 0 Å². The molecule has 90 valence electrons. The maximum atomic E-state index is 11.6. The van der Waals surface area contributed by atoms with E-state index in [9.17, 15) is 14.9 Å². The number of nitro benzene ring substituents is 1. The molecule has 6 heteroatoms. The van der Waals surface area contributed by atoms with E-state index < -0.39 is 10.8 Å². The zero-order valence-corrected chi connectivity index (χ0v) is 9.64. The molecule has 0 aliphatic rings. The highest BCUT2D eigenvalue weighted by molar-refractivity contribution is 5.95. The third kappa shape index (κ3) is 3.67. The van der Waals surface area contributed by atoms with E-state index >= 15 is 0 Å². The second-order valence-electron chi connectivity index (χ2n) is 3.45. The Morgan fingerprint density at radius 1 is 1.53 bits per heavy atom. The monoisotopic (exact) mass is 235 g/mol. The van der Waals surface area contributed by atoms with Crippen LogP contribution in [0.2, 0.25) is 0 Å². The number of hydrogen-bond acceptors (Lipinski definition) is 4. The standard InChI is InChI=1S/C11H13N3O3/c1-3-8(2)12-13-11(15)9-5-4-6-10(7-9)14(16)17/h4-7H,3H2,1-2H3,(H,13,15). The van der Waals surface area contributed by atoms with E-state index in [1.807, 2.05) is 6.92 Å². The van der Waals surface area contributed by atoms with Crippen molar-refractivity contribution >= 4 is 17.3 Å². The van der Waals surface area contributed by atoms with Crippen LogP contribution in [0.5, 0.6) is 0 Å². The van der Waals surface area contributed by atoms with Crippen LogP contribution in [0.3, 0.4) is 0 Å². The van der Waals surface area contributed by atoms with Crippen molar-refractivity contribution in [3.05, 3.63) is 39.9 Å². The second kappa shape index (κ2) is 5.74. The molecule has 6 nitrogen and oxygen atoms in total. The summed E-state index contributed by atoms with van der Waals surface area (Å²) in [6, 6.07) is 5.51. The molecule has 17 heavy (non-hydrogen) atoms. The van der Waals surface area contributed by atoms with E-state index in [0.717, 1.165) is 12.1 Å². The molecule has 0 spiro atoms. The normalized spacial score (nSPS) is 11.1. The fourth-order valence-electron chi connectivity index (χ4n) is 1.05. The highest BCUT2D eigenvalue weighted by Crippen LogP contribution is 2.12. The highest BCUT2D eigenvalue weighted by atomic mass is 16.6. The van der Waals surface area contributed by atoms with Crippen LogP contribution in [-0.4, -0.2) is 16.5 Å². The van der Waals surface area contributed by atoms with Crippen LogP contribution in [0.1, 0.15) is 30.6 Å². The Bertz CT molecular complexity index is 469. The van der Waals surface area contributed by atoms with Crippen LogP contribution in [0.4, 0.5) is 5.69 Å². The van der Waals surface area contributed by atoms with Gasteiger partial charge in [0.05, 0.1) is 4.92 Å². The Balaban J connectivity index is 2.82. The van der Waals surface area contributed by atoms with Gasteiger partial charge in [-0.2, -0.15) is 5.10 Å². The van der Waals surface area contributed by atoms with E-state index in [-0.39, 0.29) is 11.3 Å². The molecule has 0 fully saturated rings. The van der Waals surface area contributed by atoms with Gasteiger partial charge >= 0.3 is 0 Å². The van der Waals surface area contributed by atoms with Gasteiger partial charge in [0.15, 0.2) is 0 Å². The molecular weight excluding hydrogens is 222 g/mol. The first-order chi connectivity index (χ1) is 8.04. The van der Waals surface area contributed by atoms with Crippen molar-refractivity contribution < 1.29 is 9.72 Å². The molecule has 0 saturated carbocycles. The van der Waals surface area contributed by atoms with Crippen molar-refractivity contribution in [3.8, 4) is 0 Å².